The van der Waals surface area contributed by atoms with E-state index < -0.39 is 0 Å². The maximum atomic E-state index is 10.4. The second kappa shape index (κ2) is 7.06. The summed E-state index contributed by atoms with van der Waals surface area (Å²) in [5.41, 5.74) is 6.50. The maximum absolute atomic E-state index is 10.4. The summed E-state index contributed by atoms with van der Waals surface area (Å²) < 4.78 is 30.7. The van der Waals surface area contributed by atoms with E-state index in [1.165, 1.54) is 0 Å². The SMILES string of the molecule is Cc1c(C)c(COP=O)c(C)c(C)c1COP=O. The summed E-state index contributed by atoms with van der Waals surface area (Å²) in [6, 6.07) is 0. The normalized spacial score (nSPS) is 11.3. The van der Waals surface area contributed by atoms with E-state index >= 15 is 0 Å². The zero-order valence-electron chi connectivity index (χ0n) is 10.9. The maximum Gasteiger partial charge on any atom is 0.327 e. The van der Waals surface area contributed by atoms with Gasteiger partial charge in [0.25, 0.3) is 0 Å². The number of hydrogen-bond acceptors (Lipinski definition) is 4. The molecule has 1 aromatic rings. The highest BCUT2D eigenvalue weighted by Crippen LogP contribution is 2.29. The van der Waals surface area contributed by atoms with E-state index in [-0.39, 0.29) is 17.4 Å². The smallest absolute Gasteiger partial charge is 0.290 e. The summed E-state index contributed by atoms with van der Waals surface area (Å²) >= 11 is 0. The standard InChI is InChI=1S/C12H16O4P2/c1-7-8(2)12(6-16-18-14)10(4)9(3)11(7)5-15-17-13/h5-6H2,1-4H3. The summed E-state index contributed by atoms with van der Waals surface area (Å²) in [5.74, 6) is 0. The lowest BCUT2D eigenvalue weighted by molar-refractivity contribution is 0.325. The third-order valence-corrected chi connectivity index (χ3v) is 3.93. The van der Waals surface area contributed by atoms with Crippen molar-refractivity contribution in [2.24, 2.45) is 0 Å². The third kappa shape index (κ3) is 3.21. The van der Waals surface area contributed by atoms with Crippen LogP contribution in [-0.4, -0.2) is 0 Å². The number of hydrogen-bond donors (Lipinski definition) is 0. The van der Waals surface area contributed by atoms with Gasteiger partial charge in [0, 0.05) is 0 Å². The van der Waals surface area contributed by atoms with Gasteiger partial charge in [-0.05, 0) is 61.1 Å². The zero-order valence-corrected chi connectivity index (χ0v) is 12.7. The third-order valence-electron chi connectivity index (χ3n) is 3.46. The van der Waals surface area contributed by atoms with Crippen molar-refractivity contribution in [1.29, 1.82) is 0 Å². The van der Waals surface area contributed by atoms with Gasteiger partial charge in [0.15, 0.2) is 0 Å². The molecule has 0 saturated carbocycles. The van der Waals surface area contributed by atoms with Crippen molar-refractivity contribution >= 4 is 17.4 Å². The van der Waals surface area contributed by atoms with Gasteiger partial charge in [0.1, 0.15) is 0 Å². The van der Waals surface area contributed by atoms with Crippen LogP contribution in [0.5, 0.6) is 0 Å². The molecule has 4 nitrogen and oxygen atoms in total. The van der Waals surface area contributed by atoms with Crippen molar-refractivity contribution in [3.8, 4) is 0 Å². The molecule has 0 saturated heterocycles. The second-order valence-electron chi connectivity index (χ2n) is 4.15. The van der Waals surface area contributed by atoms with Gasteiger partial charge in [0.05, 0.1) is 13.2 Å². The molecule has 0 fully saturated rings. The number of rotatable bonds is 6. The summed E-state index contributed by atoms with van der Waals surface area (Å²) in [6.07, 6.45) is 0. The second-order valence-corrected chi connectivity index (χ2v) is 4.97. The molecule has 0 spiro atoms. The van der Waals surface area contributed by atoms with E-state index in [1.807, 2.05) is 27.7 Å². The fourth-order valence-electron chi connectivity index (χ4n) is 2.08. The van der Waals surface area contributed by atoms with Crippen LogP contribution in [0, 0.1) is 27.7 Å². The molecule has 0 N–H and O–H groups in total. The highest BCUT2D eigenvalue weighted by Gasteiger charge is 2.15. The minimum atomic E-state index is -0.312. The van der Waals surface area contributed by atoms with Gasteiger partial charge in [-0.2, -0.15) is 0 Å². The fourth-order valence-corrected chi connectivity index (χ4v) is 2.45. The average molecular weight is 286 g/mol. The van der Waals surface area contributed by atoms with Gasteiger partial charge in [-0.25, -0.2) is 9.13 Å². The molecule has 1 aromatic carbocycles. The summed E-state index contributed by atoms with van der Waals surface area (Å²) in [6.45, 7) is 8.65. The average Bonchev–Trinajstić information content (AvgIpc) is 2.37. The van der Waals surface area contributed by atoms with Crippen LogP contribution in [0.1, 0.15) is 33.4 Å². The van der Waals surface area contributed by atoms with Crippen LogP contribution in [0.25, 0.3) is 0 Å². The van der Waals surface area contributed by atoms with E-state index in [0.717, 1.165) is 33.4 Å². The Bertz CT molecular complexity index is 400. The lowest BCUT2D eigenvalue weighted by Crippen LogP contribution is -2.05. The van der Waals surface area contributed by atoms with Gasteiger partial charge >= 0.3 is 17.4 Å². The van der Waals surface area contributed by atoms with Gasteiger partial charge in [-0.15, -0.1) is 0 Å². The molecule has 0 amide bonds. The topological polar surface area (TPSA) is 52.6 Å². The van der Waals surface area contributed by atoms with E-state index in [1.54, 1.807) is 0 Å². The van der Waals surface area contributed by atoms with Crippen LogP contribution < -0.4 is 0 Å². The molecule has 0 unspecified atom stereocenters. The molecule has 98 valence electrons. The Morgan fingerprint density at radius 2 is 1.00 bits per heavy atom. The Balaban J connectivity index is 3.25. The first-order valence-corrected chi connectivity index (χ1v) is 6.98. The largest absolute Gasteiger partial charge is 0.327 e. The Morgan fingerprint density at radius 1 is 0.722 bits per heavy atom. The Kier molecular flexibility index (Phi) is 6.04. The van der Waals surface area contributed by atoms with Crippen molar-refractivity contribution in [3.05, 3.63) is 33.4 Å². The van der Waals surface area contributed by atoms with Crippen LogP contribution in [-0.2, 0) is 31.4 Å². The van der Waals surface area contributed by atoms with Crippen molar-refractivity contribution < 1.29 is 18.2 Å². The molecule has 1 rings (SSSR count). The fraction of sp³-hybridized carbons (Fsp3) is 0.500. The molecule has 0 aliphatic rings. The van der Waals surface area contributed by atoms with E-state index in [4.69, 9.17) is 9.05 Å². The predicted molar refractivity (Wildman–Crippen MR) is 70.2 cm³/mol. The molecule has 0 aliphatic heterocycles. The molecule has 0 heterocycles. The molecule has 0 aromatic heterocycles. The van der Waals surface area contributed by atoms with Crippen LogP contribution in [0.4, 0.5) is 0 Å². The Hall–Kier alpha value is -0.660. The Morgan fingerprint density at radius 3 is 1.22 bits per heavy atom. The predicted octanol–water partition coefficient (Wildman–Crippen LogP) is 4.37. The molecule has 0 aliphatic carbocycles. The minimum absolute atomic E-state index is 0.312. The zero-order chi connectivity index (χ0) is 13.7. The summed E-state index contributed by atoms with van der Waals surface area (Å²) in [4.78, 5) is 0. The van der Waals surface area contributed by atoms with Gasteiger partial charge in [-0.1, -0.05) is 0 Å². The van der Waals surface area contributed by atoms with Gasteiger partial charge < -0.3 is 0 Å². The summed E-state index contributed by atoms with van der Waals surface area (Å²) in [7, 11) is -0.623. The van der Waals surface area contributed by atoms with Crippen LogP contribution >= 0.6 is 17.4 Å². The highest BCUT2D eigenvalue weighted by molar-refractivity contribution is 7.17. The molecule has 18 heavy (non-hydrogen) atoms. The van der Waals surface area contributed by atoms with Crippen LogP contribution in [0.3, 0.4) is 0 Å². The first-order valence-electron chi connectivity index (χ1n) is 5.51. The lowest BCUT2D eigenvalue weighted by Gasteiger charge is -2.19. The first-order chi connectivity index (χ1) is 8.54. The van der Waals surface area contributed by atoms with Gasteiger partial charge in [-0.3, -0.25) is 9.05 Å². The monoisotopic (exact) mass is 286 g/mol. The molecule has 0 radical (unpaired) electrons. The molecule has 6 heteroatoms. The molecular formula is C12H16O4P2. The highest BCUT2D eigenvalue weighted by atomic mass is 31.1. The number of benzene rings is 1. The first kappa shape index (κ1) is 15.4. The van der Waals surface area contributed by atoms with Crippen molar-refractivity contribution in [2.75, 3.05) is 0 Å². The molecule has 0 atom stereocenters. The quantitative estimate of drug-likeness (QED) is 0.729. The van der Waals surface area contributed by atoms with E-state index in [2.05, 4.69) is 0 Å². The van der Waals surface area contributed by atoms with Crippen LogP contribution in [0.2, 0.25) is 0 Å². The lowest BCUT2D eigenvalue weighted by atomic mass is 9.89. The van der Waals surface area contributed by atoms with E-state index in [9.17, 15) is 9.13 Å². The minimum Gasteiger partial charge on any atom is -0.290 e. The molecule has 0 bridgehead atoms. The van der Waals surface area contributed by atoms with Crippen molar-refractivity contribution in [2.45, 2.75) is 40.9 Å². The van der Waals surface area contributed by atoms with Crippen molar-refractivity contribution in [3.63, 3.8) is 0 Å². The van der Waals surface area contributed by atoms with Crippen molar-refractivity contribution in [1.82, 2.24) is 0 Å². The Labute approximate surface area is 110 Å². The van der Waals surface area contributed by atoms with Crippen LogP contribution in [0.15, 0.2) is 0 Å². The molecular weight excluding hydrogens is 270 g/mol. The summed E-state index contributed by atoms with van der Waals surface area (Å²) in [5, 5.41) is 0. The van der Waals surface area contributed by atoms with Gasteiger partial charge in [0.2, 0.25) is 0 Å². The van der Waals surface area contributed by atoms with E-state index in [0.29, 0.717) is 13.2 Å².